The molecule has 8 nitrogen and oxygen atoms in total. The Balaban J connectivity index is 0.000000544. The molecule has 0 spiro atoms. The summed E-state index contributed by atoms with van der Waals surface area (Å²) in [4.78, 5) is 39.7. The van der Waals surface area contributed by atoms with E-state index in [1.165, 1.54) is 25.5 Å². The number of nitrogens with two attached hydrogens (primary N) is 1. The maximum absolute atomic E-state index is 11.9. The molecule has 1 fully saturated rings. The third-order valence-electron chi connectivity index (χ3n) is 6.09. The van der Waals surface area contributed by atoms with Crippen molar-refractivity contribution in [3.63, 3.8) is 0 Å². The highest BCUT2D eigenvalue weighted by atomic mass is 19.3. The predicted molar refractivity (Wildman–Crippen MR) is 145 cm³/mol. The van der Waals surface area contributed by atoms with Gasteiger partial charge in [0.25, 0.3) is 0 Å². The van der Waals surface area contributed by atoms with E-state index in [4.69, 9.17) is 5.73 Å². The van der Waals surface area contributed by atoms with Crippen molar-refractivity contribution in [3.05, 3.63) is 30.0 Å². The monoisotopic (exact) mass is 526 g/mol. The van der Waals surface area contributed by atoms with Crippen molar-refractivity contribution < 1.29 is 28.2 Å². The van der Waals surface area contributed by atoms with Crippen molar-refractivity contribution in [1.82, 2.24) is 9.88 Å². The van der Waals surface area contributed by atoms with Crippen molar-refractivity contribution in [1.29, 1.82) is 0 Å². The second kappa shape index (κ2) is 20.2. The number of alkyl halides is 1. The van der Waals surface area contributed by atoms with Crippen LogP contribution in [-0.2, 0) is 14.5 Å². The van der Waals surface area contributed by atoms with Crippen LogP contribution in [0.2, 0.25) is 0 Å². The highest BCUT2D eigenvalue weighted by molar-refractivity contribution is 5.96. The van der Waals surface area contributed by atoms with E-state index in [0.29, 0.717) is 29.4 Å². The third kappa shape index (κ3) is 13.3. The van der Waals surface area contributed by atoms with E-state index in [2.05, 4.69) is 34.1 Å². The van der Waals surface area contributed by atoms with Gasteiger partial charge in [0.2, 0.25) is 6.41 Å². The highest BCUT2D eigenvalue weighted by Crippen LogP contribution is 2.20. The molecular formula is C27H44F2N4O4. The molecule has 2 heterocycles. The van der Waals surface area contributed by atoms with Crippen LogP contribution in [0.3, 0.4) is 0 Å². The van der Waals surface area contributed by atoms with Gasteiger partial charge < -0.3 is 25.7 Å². The van der Waals surface area contributed by atoms with E-state index >= 15 is 0 Å². The number of rotatable bonds is 10. The number of H-pyrrole nitrogens is 1. The van der Waals surface area contributed by atoms with E-state index in [0.717, 1.165) is 31.6 Å². The highest BCUT2D eigenvalue weighted by Gasteiger charge is 2.14. The summed E-state index contributed by atoms with van der Waals surface area (Å²) in [5.74, 6) is -0.946. The minimum atomic E-state index is -1.08. The Labute approximate surface area is 219 Å². The van der Waals surface area contributed by atoms with Crippen molar-refractivity contribution in [3.8, 4) is 0 Å². The van der Waals surface area contributed by atoms with E-state index in [1.807, 2.05) is 20.8 Å². The lowest BCUT2D eigenvalue weighted by molar-refractivity contribution is -0.111. The van der Waals surface area contributed by atoms with Gasteiger partial charge in [0.15, 0.2) is 0 Å². The molecule has 1 aliphatic heterocycles. The molecule has 0 radical (unpaired) electrons. The summed E-state index contributed by atoms with van der Waals surface area (Å²) in [6.45, 7) is 9.11. The average Bonchev–Trinajstić information content (AvgIpc) is 3.52. The molecule has 1 amide bonds. The van der Waals surface area contributed by atoms with E-state index < -0.39 is 12.6 Å². The van der Waals surface area contributed by atoms with Crippen molar-refractivity contribution in [2.45, 2.75) is 78.3 Å². The molecule has 1 aliphatic rings. The number of halogens is 2. The number of hydrogen-bond donors (Lipinski definition) is 3. The van der Waals surface area contributed by atoms with Crippen LogP contribution in [0.5, 0.6) is 0 Å². The molecule has 1 aromatic heterocycles. The maximum atomic E-state index is 11.9. The van der Waals surface area contributed by atoms with Crippen molar-refractivity contribution in [2.75, 3.05) is 25.6 Å². The minimum Gasteiger partial charge on any atom is -0.349 e. The number of hydrogen-bond acceptors (Lipinski definition) is 6. The first-order chi connectivity index (χ1) is 17.8. The number of benzene rings is 1. The van der Waals surface area contributed by atoms with Crippen LogP contribution in [0.15, 0.2) is 24.3 Å². The molecule has 3 rings (SSSR count). The summed E-state index contributed by atoms with van der Waals surface area (Å²) >= 11 is 0. The number of carbonyl (C=O) groups is 3. The predicted octanol–water partition coefficient (Wildman–Crippen LogP) is 5.58. The van der Waals surface area contributed by atoms with Gasteiger partial charge in [-0.2, -0.15) is 0 Å². The van der Waals surface area contributed by atoms with Crippen LogP contribution in [-0.4, -0.2) is 60.9 Å². The van der Waals surface area contributed by atoms with Crippen LogP contribution in [0.4, 0.5) is 14.6 Å². The van der Waals surface area contributed by atoms with Gasteiger partial charge in [-0.3, -0.25) is 4.79 Å². The Kier molecular flexibility index (Phi) is 18.7. The normalized spacial score (nSPS) is 16.1. The summed E-state index contributed by atoms with van der Waals surface area (Å²) < 4.78 is 23.6. The second-order valence-electron chi connectivity index (χ2n) is 8.73. The molecule has 37 heavy (non-hydrogen) atoms. The number of fused-ring (bicyclic) bond motifs is 1. The summed E-state index contributed by atoms with van der Waals surface area (Å²) in [7, 11) is 2.19. The SMILES string of the molecule is CC.CC1CCCN1C.CCC(C=O)CCCC(N)CF.O=CNc1ccc2[nH]c(C(=O)OF)cc2c1. The van der Waals surface area contributed by atoms with Crippen LogP contribution in [0.1, 0.15) is 76.7 Å². The molecule has 3 atom stereocenters. The molecule has 1 aromatic carbocycles. The number of aldehydes is 1. The Morgan fingerprint density at radius 2 is 2.00 bits per heavy atom. The number of aromatic nitrogens is 1. The lowest BCUT2D eigenvalue weighted by atomic mass is 9.99. The largest absolute Gasteiger partial charge is 0.395 e. The molecule has 0 saturated carbocycles. The number of anilines is 1. The van der Waals surface area contributed by atoms with E-state index in [9.17, 15) is 23.3 Å². The van der Waals surface area contributed by atoms with Gasteiger partial charge in [-0.05, 0) is 76.9 Å². The molecule has 3 unspecified atom stereocenters. The zero-order valence-corrected chi connectivity index (χ0v) is 22.8. The number of amides is 1. The Morgan fingerprint density at radius 3 is 2.46 bits per heavy atom. The Hall–Kier alpha value is -2.85. The zero-order chi connectivity index (χ0) is 28.2. The number of aromatic amines is 1. The molecule has 210 valence electrons. The van der Waals surface area contributed by atoms with Crippen LogP contribution in [0.25, 0.3) is 10.9 Å². The van der Waals surface area contributed by atoms with Gasteiger partial charge >= 0.3 is 5.97 Å². The first-order valence-corrected chi connectivity index (χ1v) is 12.9. The van der Waals surface area contributed by atoms with Crippen LogP contribution in [0, 0.1) is 5.92 Å². The van der Waals surface area contributed by atoms with Crippen molar-refractivity contribution >= 4 is 35.3 Å². The first kappa shape index (κ1) is 34.1. The summed E-state index contributed by atoms with van der Waals surface area (Å²) in [5, 5.41) is 3.14. The molecule has 1 saturated heterocycles. The third-order valence-corrected chi connectivity index (χ3v) is 6.09. The number of likely N-dealkylation sites (tertiary alicyclic amines) is 1. The quantitative estimate of drug-likeness (QED) is 0.348. The fourth-order valence-corrected chi connectivity index (χ4v) is 3.61. The summed E-state index contributed by atoms with van der Waals surface area (Å²) in [6.07, 6.45) is 7.56. The summed E-state index contributed by atoms with van der Waals surface area (Å²) in [6, 6.07) is 6.91. The molecule has 4 N–H and O–H groups in total. The maximum Gasteiger partial charge on any atom is 0.395 e. The van der Waals surface area contributed by atoms with Gasteiger partial charge in [0, 0.05) is 39.1 Å². The zero-order valence-electron chi connectivity index (χ0n) is 22.8. The van der Waals surface area contributed by atoms with Crippen LogP contribution >= 0.6 is 0 Å². The fraction of sp³-hybridized carbons (Fsp3) is 0.593. The molecule has 10 heteroatoms. The average molecular weight is 527 g/mol. The smallest absolute Gasteiger partial charge is 0.349 e. The van der Waals surface area contributed by atoms with Crippen molar-refractivity contribution in [2.24, 2.45) is 11.7 Å². The van der Waals surface area contributed by atoms with E-state index in [1.54, 1.807) is 18.2 Å². The number of nitrogens with one attached hydrogen (secondary N) is 2. The van der Waals surface area contributed by atoms with E-state index in [-0.39, 0.29) is 17.7 Å². The first-order valence-electron chi connectivity index (χ1n) is 12.9. The lowest BCUT2D eigenvalue weighted by Crippen LogP contribution is -2.22. The molecular weight excluding hydrogens is 482 g/mol. The van der Waals surface area contributed by atoms with Crippen LogP contribution < -0.4 is 11.1 Å². The van der Waals surface area contributed by atoms with Gasteiger partial charge in [0.05, 0.1) is 0 Å². The van der Waals surface area contributed by atoms with Gasteiger partial charge in [-0.1, -0.05) is 27.2 Å². The number of nitrogens with zero attached hydrogens (tertiary/aromatic N) is 1. The molecule has 0 bridgehead atoms. The lowest BCUT2D eigenvalue weighted by Gasteiger charge is -2.12. The topological polar surface area (TPSA) is 118 Å². The fourth-order valence-electron chi connectivity index (χ4n) is 3.61. The minimum absolute atomic E-state index is 0.0146. The Bertz CT molecular complexity index is 902. The molecule has 0 aliphatic carbocycles. The molecule has 2 aromatic rings. The number of carbonyl (C=O) groups excluding carboxylic acids is 3. The second-order valence-corrected chi connectivity index (χ2v) is 8.73. The standard InChI is InChI=1S/C10H7FN2O3.C9H18FNO.C6H13N.C2H6/c11-16-10(15)9-4-6-3-7(12-5-14)1-2-8(6)13-9;1-2-8(7-12)4-3-5-9(11)6-10;1-6-4-3-5-7(6)2;1-2/h1-5,13H,(H,12,14);7-9H,2-6,11H2,1H3;6H,3-5H2,1-2H3;1-2H3. The van der Waals surface area contributed by atoms with Gasteiger partial charge in [-0.25, -0.2) is 14.1 Å². The van der Waals surface area contributed by atoms with Gasteiger partial charge in [-0.15, -0.1) is 0 Å². The summed E-state index contributed by atoms with van der Waals surface area (Å²) in [5.41, 5.74) is 6.63. The van der Waals surface area contributed by atoms with Gasteiger partial charge in [0.1, 0.15) is 18.7 Å². The Morgan fingerprint density at radius 1 is 1.30 bits per heavy atom.